The van der Waals surface area contributed by atoms with E-state index in [-0.39, 0.29) is 36.6 Å². The first-order chi connectivity index (χ1) is 26.9. The summed E-state index contributed by atoms with van der Waals surface area (Å²) in [6.45, 7) is 14.5. The molecule has 0 amide bonds. The van der Waals surface area contributed by atoms with E-state index in [1.807, 2.05) is 19.9 Å². The van der Waals surface area contributed by atoms with E-state index >= 15 is 0 Å². The summed E-state index contributed by atoms with van der Waals surface area (Å²) < 4.78 is 45.2. The van der Waals surface area contributed by atoms with Crippen LogP contribution in [0.4, 0.5) is 0 Å². The molecule has 0 aromatic heterocycles. The Bertz CT molecular complexity index is 1510. The lowest BCUT2D eigenvalue weighted by atomic mass is 9.79. The van der Waals surface area contributed by atoms with E-state index in [4.69, 9.17) is 33.2 Å². The molecule has 13 heteroatoms. The fraction of sp³-hybridized carbons (Fsp3) is 0.841. The van der Waals surface area contributed by atoms with Crippen molar-refractivity contribution in [3.8, 4) is 0 Å². The van der Waals surface area contributed by atoms with Crippen LogP contribution >= 0.6 is 0 Å². The fourth-order valence-electron chi connectivity index (χ4n) is 10.5. The molecule has 7 aliphatic heterocycles. The Balaban J connectivity index is 0.920. The number of aliphatic hydroxyl groups is 4. The van der Waals surface area contributed by atoms with Gasteiger partial charge in [-0.25, -0.2) is 4.79 Å². The highest BCUT2D eigenvalue weighted by Crippen LogP contribution is 2.47. The lowest BCUT2D eigenvalue weighted by Gasteiger charge is -2.50. The molecule has 7 rings (SSSR count). The van der Waals surface area contributed by atoms with Crippen LogP contribution in [0.2, 0.25) is 0 Å². The highest BCUT2D eigenvalue weighted by Gasteiger charge is 2.55. The molecule has 17 atom stereocenters. The second-order valence-electron chi connectivity index (χ2n) is 18.9. The number of hydrogen-bond acceptors (Lipinski definition) is 12. The predicted molar refractivity (Wildman–Crippen MR) is 208 cm³/mol. The molecular formula is C44H68O13. The minimum absolute atomic E-state index is 0.0423. The summed E-state index contributed by atoms with van der Waals surface area (Å²) in [7, 11) is 0. The van der Waals surface area contributed by atoms with E-state index in [0.29, 0.717) is 56.4 Å². The van der Waals surface area contributed by atoms with Gasteiger partial charge in [-0.3, -0.25) is 0 Å². The monoisotopic (exact) mass is 804 g/mol. The Kier molecular flexibility index (Phi) is 12.9. The molecule has 0 bridgehead atoms. The standard InChI is InChI=1S/C44H68O13/c1-25-21-34(55-44(23-25)35(46)12-11-31(54-44)24-41(6,50)40(48)49)26(2)9-10-30-14-18-43(53-30)19-15-33-39(57-43)36(47)29(5)38(52-33)32(45)22-28(4)37-27(3)13-17-42(56-37)16-7-8-20-51-42/h9-10,23,26-28,30-39,45-47,50H,5,7-8,11-22,24H2,1-4,6H3,(H,48,49)/b10-9+/t26-,27-,28+,30?,31+,32+,33?,34+,35-,36-,37?,38+,39?,41-,42+,43-,44-/m1/s1. The quantitative estimate of drug-likeness (QED) is 0.182. The van der Waals surface area contributed by atoms with E-state index in [1.165, 1.54) is 6.92 Å². The largest absolute Gasteiger partial charge is 0.479 e. The van der Waals surface area contributed by atoms with Crippen molar-refractivity contribution in [3.05, 3.63) is 36.0 Å². The molecule has 4 unspecified atom stereocenters. The highest BCUT2D eigenvalue weighted by atomic mass is 16.7. The van der Waals surface area contributed by atoms with Crippen molar-refractivity contribution in [2.45, 2.75) is 209 Å². The summed E-state index contributed by atoms with van der Waals surface area (Å²) >= 11 is 0. The van der Waals surface area contributed by atoms with Crippen LogP contribution < -0.4 is 0 Å². The van der Waals surface area contributed by atoms with Crippen molar-refractivity contribution >= 4 is 5.97 Å². The summed E-state index contributed by atoms with van der Waals surface area (Å²) in [4.78, 5) is 11.6. The summed E-state index contributed by atoms with van der Waals surface area (Å²) in [5.74, 6) is -3.82. The molecule has 6 fully saturated rings. The molecule has 5 N–H and O–H groups in total. The van der Waals surface area contributed by atoms with Gasteiger partial charge in [0.15, 0.2) is 17.2 Å². The van der Waals surface area contributed by atoms with Crippen LogP contribution in [0.1, 0.15) is 125 Å². The fourth-order valence-corrected chi connectivity index (χ4v) is 10.5. The number of rotatable bonds is 10. The SMILES string of the molecule is C=C1[C@@H](O)C2O[C@]3(CCC(/C=C/[C@@H](C)[C@@H]4CC(C)=C[C@@]5(O[C@H](C[C@@](C)(O)C(=O)O)CC[C@H]5O)O4)O3)CCC2O[C@@H]1[C@@H](O)C[C@H](C)C1O[C@@]2(CCCCO2)CC[C@H]1C. The van der Waals surface area contributed by atoms with Crippen LogP contribution in [-0.2, 0) is 38.0 Å². The smallest absolute Gasteiger partial charge is 0.335 e. The van der Waals surface area contributed by atoms with Crippen LogP contribution in [0.3, 0.4) is 0 Å². The van der Waals surface area contributed by atoms with Crippen molar-refractivity contribution in [3.63, 3.8) is 0 Å². The third-order valence-corrected chi connectivity index (χ3v) is 14.0. The minimum atomic E-state index is -1.96. The molecule has 0 aromatic rings. The number of hydrogen-bond donors (Lipinski definition) is 5. The third kappa shape index (κ3) is 9.15. The predicted octanol–water partition coefficient (Wildman–Crippen LogP) is 5.21. The van der Waals surface area contributed by atoms with Gasteiger partial charge in [-0.15, -0.1) is 0 Å². The Morgan fingerprint density at radius 1 is 1.00 bits per heavy atom. The Labute approximate surface area is 337 Å². The second kappa shape index (κ2) is 17.0. The van der Waals surface area contributed by atoms with E-state index in [0.717, 1.165) is 50.7 Å². The minimum Gasteiger partial charge on any atom is -0.479 e. The molecule has 7 heterocycles. The average Bonchev–Trinajstić information content (AvgIpc) is 3.56. The number of aliphatic carboxylic acids is 1. The zero-order valence-corrected chi connectivity index (χ0v) is 34.6. The number of fused-ring (bicyclic) bond motifs is 1. The lowest BCUT2D eigenvalue weighted by molar-refractivity contribution is -0.321. The number of ether oxygens (including phenoxy) is 7. The van der Waals surface area contributed by atoms with Crippen molar-refractivity contribution in [1.29, 1.82) is 0 Å². The summed E-state index contributed by atoms with van der Waals surface area (Å²) in [5, 5.41) is 54.0. The van der Waals surface area contributed by atoms with Crippen molar-refractivity contribution in [2.24, 2.45) is 17.8 Å². The van der Waals surface area contributed by atoms with Gasteiger partial charge in [-0.1, -0.05) is 45.1 Å². The Hall–Kier alpha value is -1.75. The Morgan fingerprint density at radius 3 is 2.49 bits per heavy atom. The first-order valence-electron chi connectivity index (χ1n) is 21.7. The molecule has 7 aliphatic rings. The van der Waals surface area contributed by atoms with E-state index in [1.54, 1.807) is 6.08 Å². The van der Waals surface area contributed by atoms with Gasteiger partial charge in [0.2, 0.25) is 5.79 Å². The second-order valence-corrected chi connectivity index (χ2v) is 18.9. The van der Waals surface area contributed by atoms with Crippen LogP contribution in [0.5, 0.6) is 0 Å². The summed E-state index contributed by atoms with van der Waals surface area (Å²) in [6, 6.07) is 0. The topological polar surface area (TPSA) is 183 Å². The number of carboxylic acid groups (broad SMARTS) is 1. The van der Waals surface area contributed by atoms with Gasteiger partial charge in [-0.05, 0) is 95.1 Å². The zero-order chi connectivity index (χ0) is 40.9. The molecule has 13 nitrogen and oxygen atoms in total. The van der Waals surface area contributed by atoms with E-state index in [2.05, 4.69) is 26.5 Å². The average molecular weight is 805 g/mol. The maximum atomic E-state index is 11.6. The zero-order valence-electron chi connectivity index (χ0n) is 34.6. The van der Waals surface area contributed by atoms with Crippen LogP contribution in [0.25, 0.3) is 0 Å². The molecule has 0 aromatic carbocycles. The first-order valence-corrected chi connectivity index (χ1v) is 21.7. The van der Waals surface area contributed by atoms with Crippen molar-refractivity contribution in [1.82, 2.24) is 0 Å². The van der Waals surface area contributed by atoms with Crippen LogP contribution in [-0.4, -0.2) is 122 Å². The highest BCUT2D eigenvalue weighted by molar-refractivity contribution is 5.76. The number of carboxylic acids is 1. The Morgan fingerprint density at radius 2 is 1.75 bits per heavy atom. The van der Waals surface area contributed by atoms with Crippen molar-refractivity contribution < 1.29 is 63.5 Å². The molecule has 57 heavy (non-hydrogen) atoms. The number of aliphatic hydroxyl groups excluding tert-OH is 3. The van der Waals surface area contributed by atoms with E-state index < -0.39 is 71.7 Å². The number of carbonyl (C=O) groups is 1. The van der Waals surface area contributed by atoms with Gasteiger partial charge in [0.05, 0.1) is 43.2 Å². The van der Waals surface area contributed by atoms with Gasteiger partial charge in [0.25, 0.3) is 0 Å². The van der Waals surface area contributed by atoms with Crippen molar-refractivity contribution in [2.75, 3.05) is 6.61 Å². The van der Waals surface area contributed by atoms with E-state index in [9.17, 15) is 30.3 Å². The molecule has 3 spiro atoms. The summed E-state index contributed by atoms with van der Waals surface area (Å²) in [5.41, 5.74) is -0.551. The van der Waals surface area contributed by atoms with Crippen LogP contribution in [0.15, 0.2) is 36.0 Å². The van der Waals surface area contributed by atoms with Gasteiger partial charge in [0.1, 0.15) is 24.4 Å². The lowest BCUT2D eigenvalue weighted by Crippen LogP contribution is -2.60. The normalized spacial score (nSPS) is 45.4. The molecular weight excluding hydrogens is 736 g/mol. The molecule has 0 radical (unpaired) electrons. The first kappa shape index (κ1) is 43.3. The maximum Gasteiger partial charge on any atom is 0.335 e. The third-order valence-electron chi connectivity index (χ3n) is 14.0. The maximum absolute atomic E-state index is 11.6. The van der Waals surface area contributed by atoms with Gasteiger partial charge in [0, 0.05) is 38.0 Å². The summed E-state index contributed by atoms with van der Waals surface area (Å²) in [6.07, 6.45) is 9.37. The van der Waals surface area contributed by atoms with Gasteiger partial charge >= 0.3 is 5.97 Å². The van der Waals surface area contributed by atoms with Gasteiger partial charge in [-0.2, -0.15) is 0 Å². The molecule has 0 saturated carbocycles. The van der Waals surface area contributed by atoms with Gasteiger partial charge < -0.3 is 58.7 Å². The molecule has 6 saturated heterocycles. The molecule has 322 valence electrons. The molecule has 0 aliphatic carbocycles. The van der Waals surface area contributed by atoms with Crippen LogP contribution in [0, 0.1) is 17.8 Å².